The van der Waals surface area contributed by atoms with Crippen molar-refractivity contribution in [3.63, 3.8) is 0 Å². The highest BCUT2D eigenvalue weighted by Gasteiger charge is 2.10. The van der Waals surface area contributed by atoms with Crippen molar-refractivity contribution in [3.05, 3.63) is 47.5 Å². The van der Waals surface area contributed by atoms with Gasteiger partial charge in [0.05, 0.1) is 12.8 Å². The minimum absolute atomic E-state index is 0.193. The third kappa shape index (κ3) is 3.25. The number of amides is 1. The van der Waals surface area contributed by atoms with Gasteiger partial charge in [-0.05, 0) is 42.8 Å². The molecule has 3 N–H and O–H groups in total. The Morgan fingerprint density at radius 3 is 2.43 bits per heavy atom. The normalized spacial score (nSPS) is 10.0. The summed E-state index contributed by atoms with van der Waals surface area (Å²) in [6.07, 6.45) is 0. The lowest BCUT2D eigenvalue weighted by molar-refractivity contribution is 0.0963. The van der Waals surface area contributed by atoms with E-state index in [0.29, 0.717) is 28.5 Å². The number of aryl methyl sites for hydroxylation is 1. The monoisotopic (exact) mass is 286 g/mol. The number of nitrogens with two attached hydrogens (primary N) is 1. The number of ether oxygens (including phenoxy) is 2. The first kappa shape index (κ1) is 14.7. The van der Waals surface area contributed by atoms with Crippen molar-refractivity contribution in [2.45, 2.75) is 6.92 Å². The molecule has 0 aliphatic rings. The SMILES string of the molecule is CNC(=O)c1ccc(Oc2ccc(C)cc2OC)c(N)c1. The van der Waals surface area contributed by atoms with Crippen molar-refractivity contribution in [2.75, 3.05) is 19.9 Å². The molecule has 0 spiro atoms. The fourth-order valence-corrected chi connectivity index (χ4v) is 1.90. The van der Waals surface area contributed by atoms with Crippen LogP contribution in [0, 0.1) is 6.92 Å². The van der Waals surface area contributed by atoms with Gasteiger partial charge in [-0.1, -0.05) is 6.07 Å². The molecule has 0 fully saturated rings. The molecule has 0 saturated heterocycles. The molecule has 0 aromatic heterocycles. The van der Waals surface area contributed by atoms with Crippen LogP contribution < -0.4 is 20.5 Å². The molecule has 0 unspecified atom stereocenters. The summed E-state index contributed by atoms with van der Waals surface area (Å²) < 4.78 is 11.1. The highest BCUT2D eigenvalue weighted by atomic mass is 16.5. The van der Waals surface area contributed by atoms with E-state index in [4.69, 9.17) is 15.2 Å². The quantitative estimate of drug-likeness (QED) is 0.848. The number of nitrogen functional groups attached to an aromatic ring is 1. The van der Waals surface area contributed by atoms with Crippen molar-refractivity contribution in [1.29, 1.82) is 0 Å². The van der Waals surface area contributed by atoms with E-state index in [0.717, 1.165) is 5.56 Å². The Balaban J connectivity index is 2.30. The molecule has 2 aromatic carbocycles. The lowest BCUT2D eigenvalue weighted by Crippen LogP contribution is -2.17. The molecule has 2 rings (SSSR count). The lowest BCUT2D eigenvalue weighted by atomic mass is 10.1. The van der Waals surface area contributed by atoms with Crippen LogP contribution >= 0.6 is 0 Å². The number of rotatable bonds is 4. The van der Waals surface area contributed by atoms with Gasteiger partial charge >= 0.3 is 0 Å². The smallest absolute Gasteiger partial charge is 0.251 e. The van der Waals surface area contributed by atoms with Crippen LogP contribution in [0.15, 0.2) is 36.4 Å². The molecule has 0 atom stereocenters. The Hall–Kier alpha value is -2.69. The molecule has 5 nitrogen and oxygen atoms in total. The minimum atomic E-state index is -0.193. The van der Waals surface area contributed by atoms with Crippen LogP contribution in [-0.4, -0.2) is 20.1 Å². The van der Waals surface area contributed by atoms with Gasteiger partial charge in [0.15, 0.2) is 17.2 Å². The van der Waals surface area contributed by atoms with Gasteiger partial charge in [0.1, 0.15) is 0 Å². The van der Waals surface area contributed by atoms with Gasteiger partial charge in [0.25, 0.3) is 5.91 Å². The number of anilines is 1. The molecule has 21 heavy (non-hydrogen) atoms. The number of hydrogen-bond donors (Lipinski definition) is 2. The second kappa shape index (κ2) is 6.17. The molecule has 0 heterocycles. The predicted molar refractivity (Wildman–Crippen MR) is 82.0 cm³/mol. The molecule has 0 aliphatic carbocycles. The highest BCUT2D eigenvalue weighted by molar-refractivity contribution is 5.95. The van der Waals surface area contributed by atoms with Gasteiger partial charge in [0, 0.05) is 12.6 Å². The van der Waals surface area contributed by atoms with Crippen LogP contribution in [0.4, 0.5) is 5.69 Å². The topological polar surface area (TPSA) is 73.6 Å². The van der Waals surface area contributed by atoms with Gasteiger partial charge in [-0.25, -0.2) is 0 Å². The van der Waals surface area contributed by atoms with Gasteiger partial charge in [0.2, 0.25) is 0 Å². The van der Waals surface area contributed by atoms with E-state index in [2.05, 4.69) is 5.32 Å². The number of carbonyl (C=O) groups is 1. The zero-order chi connectivity index (χ0) is 15.4. The first-order chi connectivity index (χ1) is 10.0. The summed E-state index contributed by atoms with van der Waals surface area (Å²) in [7, 11) is 3.15. The first-order valence-electron chi connectivity index (χ1n) is 6.49. The summed E-state index contributed by atoms with van der Waals surface area (Å²) >= 11 is 0. The van der Waals surface area contributed by atoms with Crippen molar-refractivity contribution in [1.82, 2.24) is 5.32 Å². The molecule has 0 bridgehead atoms. The molecular weight excluding hydrogens is 268 g/mol. The fourth-order valence-electron chi connectivity index (χ4n) is 1.90. The Labute approximate surface area is 123 Å². The van der Waals surface area contributed by atoms with Crippen LogP contribution in [0.1, 0.15) is 15.9 Å². The van der Waals surface area contributed by atoms with Crippen molar-refractivity contribution in [2.24, 2.45) is 0 Å². The van der Waals surface area contributed by atoms with E-state index < -0.39 is 0 Å². The maximum absolute atomic E-state index is 11.5. The van der Waals surface area contributed by atoms with E-state index in [1.54, 1.807) is 32.4 Å². The van der Waals surface area contributed by atoms with Gasteiger partial charge < -0.3 is 20.5 Å². The van der Waals surface area contributed by atoms with Crippen LogP contribution in [0.5, 0.6) is 17.2 Å². The van der Waals surface area contributed by atoms with E-state index in [-0.39, 0.29) is 5.91 Å². The van der Waals surface area contributed by atoms with Gasteiger partial charge in [-0.2, -0.15) is 0 Å². The number of nitrogens with one attached hydrogen (secondary N) is 1. The number of carbonyl (C=O) groups excluding carboxylic acids is 1. The maximum atomic E-state index is 11.5. The second-order valence-electron chi connectivity index (χ2n) is 4.59. The van der Waals surface area contributed by atoms with Crippen LogP contribution in [0.2, 0.25) is 0 Å². The fraction of sp³-hybridized carbons (Fsp3) is 0.188. The molecule has 110 valence electrons. The summed E-state index contributed by atoms with van der Waals surface area (Å²) in [5, 5.41) is 2.55. The number of hydrogen-bond acceptors (Lipinski definition) is 4. The average Bonchev–Trinajstić information content (AvgIpc) is 2.49. The van der Waals surface area contributed by atoms with Crippen molar-refractivity contribution >= 4 is 11.6 Å². The summed E-state index contributed by atoms with van der Waals surface area (Å²) in [6, 6.07) is 10.5. The third-order valence-corrected chi connectivity index (χ3v) is 3.04. The van der Waals surface area contributed by atoms with E-state index in [9.17, 15) is 4.79 Å². The summed E-state index contributed by atoms with van der Waals surface area (Å²) in [5.74, 6) is 1.48. The average molecular weight is 286 g/mol. The van der Waals surface area contributed by atoms with E-state index in [1.807, 2.05) is 25.1 Å². The van der Waals surface area contributed by atoms with Gasteiger partial charge in [-0.3, -0.25) is 4.79 Å². The summed E-state index contributed by atoms with van der Waals surface area (Å²) in [4.78, 5) is 11.5. The Morgan fingerprint density at radius 2 is 1.81 bits per heavy atom. The molecule has 0 aliphatic heterocycles. The lowest BCUT2D eigenvalue weighted by Gasteiger charge is -2.13. The zero-order valence-corrected chi connectivity index (χ0v) is 12.3. The van der Waals surface area contributed by atoms with Gasteiger partial charge in [-0.15, -0.1) is 0 Å². The molecule has 2 aromatic rings. The largest absolute Gasteiger partial charge is 0.493 e. The van der Waals surface area contributed by atoms with Crippen LogP contribution in [0.25, 0.3) is 0 Å². The Bertz CT molecular complexity index is 669. The van der Waals surface area contributed by atoms with E-state index >= 15 is 0 Å². The standard InChI is InChI=1S/C16H18N2O3/c1-10-4-6-14(15(8-10)20-3)21-13-7-5-11(9-12(13)17)16(19)18-2/h4-9H,17H2,1-3H3,(H,18,19). The number of benzene rings is 2. The number of methoxy groups -OCH3 is 1. The van der Waals surface area contributed by atoms with Crippen LogP contribution in [0.3, 0.4) is 0 Å². The van der Waals surface area contributed by atoms with Crippen molar-refractivity contribution in [3.8, 4) is 17.2 Å². The third-order valence-electron chi connectivity index (χ3n) is 3.04. The second-order valence-corrected chi connectivity index (χ2v) is 4.59. The molecular formula is C16H18N2O3. The Morgan fingerprint density at radius 1 is 1.10 bits per heavy atom. The zero-order valence-electron chi connectivity index (χ0n) is 12.3. The first-order valence-corrected chi connectivity index (χ1v) is 6.49. The molecule has 0 saturated carbocycles. The minimum Gasteiger partial charge on any atom is -0.493 e. The molecule has 0 radical (unpaired) electrons. The summed E-state index contributed by atoms with van der Waals surface area (Å²) in [6.45, 7) is 1.97. The molecule has 5 heteroatoms. The predicted octanol–water partition coefficient (Wildman–Crippen LogP) is 2.74. The van der Waals surface area contributed by atoms with Crippen LogP contribution in [-0.2, 0) is 0 Å². The highest BCUT2D eigenvalue weighted by Crippen LogP contribution is 2.34. The van der Waals surface area contributed by atoms with Crippen molar-refractivity contribution < 1.29 is 14.3 Å². The molecule has 1 amide bonds. The maximum Gasteiger partial charge on any atom is 0.251 e. The summed E-state index contributed by atoms with van der Waals surface area (Å²) in [5.41, 5.74) is 7.88. The Kier molecular flexibility index (Phi) is 4.33. The van der Waals surface area contributed by atoms with E-state index in [1.165, 1.54) is 0 Å².